The number of anilines is 1. The van der Waals surface area contributed by atoms with Crippen LogP contribution in [-0.2, 0) is 5.75 Å². The first kappa shape index (κ1) is 15.5. The summed E-state index contributed by atoms with van der Waals surface area (Å²) in [4.78, 5) is 8.79. The number of benzene rings is 2. The van der Waals surface area contributed by atoms with Crippen molar-refractivity contribution in [3.05, 3.63) is 60.2 Å². The van der Waals surface area contributed by atoms with Gasteiger partial charge in [0.2, 0.25) is 5.89 Å². The van der Waals surface area contributed by atoms with Crippen molar-refractivity contribution in [1.29, 1.82) is 0 Å². The van der Waals surface area contributed by atoms with Gasteiger partial charge in [0.1, 0.15) is 17.5 Å². The van der Waals surface area contributed by atoms with E-state index in [2.05, 4.69) is 20.2 Å². The number of hydrogen-bond donors (Lipinski definition) is 1. The second-order valence-corrected chi connectivity index (χ2v) is 6.14. The van der Waals surface area contributed by atoms with Gasteiger partial charge in [-0.25, -0.2) is 14.4 Å². The summed E-state index contributed by atoms with van der Waals surface area (Å²) in [6.45, 7) is 0. The van der Waals surface area contributed by atoms with Gasteiger partial charge in [-0.05, 0) is 36.4 Å². The van der Waals surface area contributed by atoms with E-state index in [4.69, 9.17) is 10.2 Å². The molecule has 0 aliphatic rings. The molecule has 0 radical (unpaired) electrons. The first-order valence-corrected chi connectivity index (χ1v) is 8.41. The van der Waals surface area contributed by atoms with Gasteiger partial charge in [-0.15, -0.1) is 10.2 Å². The van der Waals surface area contributed by atoms with E-state index >= 15 is 0 Å². The molecular weight excluding hydrogens is 341 g/mol. The maximum atomic E-state index is 13.0. The zero-order valence-electron chi connectivity index (χ0n) is 12.9. The summed E-state index contributed by atoms with van der Waals surface area (Å²) >= 11 is 1.31. The molecule has 2 aromatic heterocycles. The highest BCUT2D eigenvalue weighted by molar-refractivity contribution is 7.98. The van der Waals surface area contributed by atoms with Gasteiger partial charge in [-0.3, -0.25) is 0 Å². The fraction of sp³-hybridized carbons (Fsp3) is 0.0588. The molecule has 0 amide bonds. The van der Waals surface area contributed by atoms with E-state index in [-0.39, 0.29) is 5.82 Å². The Kier molecular flexibility index (Phi) is 4.02. The highest BCUT2D eigenvalue weighted by atomic mass is 32.2. The van der Waals surface area contributed by atoms with Crippen LogP contribution in [0.5, 0.6) is 0 Å². The van der Waals surface area contributed by atoms with Crippen molar-refractivity contribution in [2.45, 2.75) is 11.0 Å². The molecule has 6 nitrogen and oxygen atoms in total. The molecule has 0 atom stereocenters. The van der Waals surface area contributed by atoms with Crippen molar-refractivity contribution in [3.8, 4) is 11.5 Å². The number of halogens is 1. The Morgan fingerprint density at radius 3 is 2.64 bits per heavy atom. The standard InChI is InChI=1S/C17H12FN5OS/c18-11-7-5-10(6-8-11)16-22-23-17(24-16)25-9-14-20-13-4-2-1-3-12(13)15(19)21-14/h1-8H,9H2,(H2,19,20,21). The maximum absolute atomic E-state index is 13.0. The lowest BCUT2D eigenvalue weighted by molar-refractivity contribution is 0.465. The average Bonchev–Trinajstić information content (AvgIpc) is 3.10. The summed E-state index contributed by atoms with van der Waals surface area (Å²) in [5, 5.41) is 9.16. The number of nitrogen functional groups attached to an aromatic ring is 1. The van der Waals surface area contributed by atoms with Crippen LogP contribution in [0.2, 0.25) is 0 Å². The number of nitrogens with zero attached hydrogens (tertiary/aromatic N) is 4. The SMILES string of the molecule is Nc1nc(CSc2nnc(-c3ccc(F)cc3)o2)nc2ccccc12. The molecular formula is C17H12FN5OS. The third kappa shape index (κ3) is 3.29. The van der Waals surface area contributed by atoms with Crippen LogP contribution >= 0.6 is 11.8 Å². The lowest BCUT2D eigenvalue weighted by Gasteiger charge is -2.03. The smallest absolute Gasteiger partial charge is 0.277 e. The Bertz CT molecular complexity index is 1030. The molecule has 0 unspecified atom stereocenters. The van der Waals surface area contributed by atoms with E-state index in [1.165, 1.54) is 23.9 Å². The molecule has 25 heavy (non-hydrogen) atoms. The number of aromatic nitrogens is 4. The summed E-state index contributed by atoms with van der Waals surface area (Å²) in [5.74, 6) is 1.49. The largest absolute Gasteiger partial charge is 0.411 e. The number of thioether (sulfide) groups is 1. The number of rotatable bonds is 4. The van der Waals surface area contributed by atoms with Crippen molar-refractivity contribution in [2.24, 2.45) is 0 Å². The Morgan fingerprint density at radius 1 is 1.00 bits per heavy atom. The van der Waals surface area contributed by atoms with Crippen molar-refractivity contribution < 1.29 is 8.81 Å². The first-order chi connectivity index (χ1) is 12.2. The number of fused-ring (bicyclic) bond motifs is 1. The quantitative estimate of drug-likeness (QED) is 0.559. The molecule has 8 heteroatoms. The van der Waals surface area contributed by atoms with E-state index in [0.29, 0.717) is 34.1 Å². The van der Waals surface area contributed by atoms with Crippen molar-refractivity contribution in [3.63, 3.8) is 0 Å². The van der Waals surface area contributed by atoms with Gasteiger partial charge in [-0.2, -0.15) is 0 Å². The van der Waals surface area contributed by atoms with Crippen LogP contribution < -0.4 is 5.73 Å². The van der Waals surface area contributed by atoms with Gasteiger partial charge < -0.3 is 10.2 Å². The Labute approximate surface area is 146 Å². The summed E-state index contributed by atoms with van der Waals surface area (Å²) in [6, 6.07) is 13.4. The average molecular weight is 353 g/mol. The molecule has 0 spiro atoms. The Morgan fingerprint density at radius 2 is 1.80 bits per heavy atom. The molecule has 0 saturated heterocycles. The fourth-order valence-electron chi connectivity index (χ4n) is 2.32. The predicted octanol–water partition coefficient (Wildman–Crippen LogP) is 3.69. The van der Waals surface area contributed by atoms with E-state index in [1.807, 2.05) is 24.3 Å². The Balaban J connectivity index is 1.51. The van der Waals surface area contributed by atoms with E-state index < -0.39 is 0 Å². The van der Waals surface area contributed by atoms with Crippen molar-refractivity contribution in [2.75, 3.05) is 5.73 Å². The topological polar surface area (TPSA) is 90.7 Å². The minimum absolute atomic E-state index is 0.316. The molecule has 4 rings (SSSR count). The normalized spacial score (nSPS) is 11.1. The lowest BCUT2D eigenvalue weighted by atomic mass is 10.2. The van der Waals surface area contributed by atoms with Crippen LogP contribution in [0, 0.1) is 5.82 Å². The lowest BCUT2D eigenvalue weighted by Crippen LogP contribution is -1.99. The first-order valence-electron chi connectivity index (χ1n) is 7.42. The van der Waals surface area contributed by atoms with Crippen LogP contribution in [-0.4, -0.2) is 20.2 Å². The van der Waals surface area contributed by atoms with Crippen LogP contribution in [0.25, 0.3) is 22.4 Å². The minimum Gasteiger partial charge on any atom is -0.411 e. The molecule has 0 fully saturated rings. The highest BCUT2D eigenvalue weighted by Crippen LogP contribution is 2.26. The molecule has 4 aromatic rings. The number of nitrogens with two attached hydrogens (primary N) is 1. The Hall–Kier alpha value is -3.00. The van der Waals surface area contributed by atoms with E-state index in [9.17, 15) is 4.39 Å². The summed E-state index contributed by atoms with van der Waals surface area (Å²) in [7, 11) is 0. The predicted molar refractivity (Wildman–Crippen MR) is 93.2 cm³/mol. The summed E-state index contributed by atoms with van der Waals surface area (Å²) < 4.78 is 18.5. The zero-order valence-corrected chi connectivity index (χ0v) is 13.7. The third-order valence-electron chi connectivity index (χ3n) is 3.50. The third-order valence-corrected chi connectivity index (χ3v) is 4.32. The second-order valence-electron chi connectivity index (χ2n) is 5.21. The second kappa shape index (κ2) is 6.48. The van der Waals surface area contributed by atoms with Crippen molar-refractivity contribution >= 4 is 28.5 Å². The van der Waals surface area contributed by atoms with Crippen LogP contribution in [0.3, 0.4) is 0 Å². The van der Waals surface area contributed by atoms with Crippen molar-refractivity contribution in [1.82, 2.24) is 20.2 Å². The maximum Gasteiger partial charge on any atom is 0.277 e. The van der Waals surface area contributed by atoms with Crippen LogP contribution in [0.15, 0.2) is 58.2 Å². The monoisotopic (exact) mass is 353 g/mol. The summed E-state index contributed by atoms with van der Waals surface area (Å²) in [6.07, 6.45) is 0. The summed E-state index contributed by atoms with van der Waals surface area (Å²) in [5.41, 5.74) is 7.43. The van der Waals surface area contributed by atoms with Gasteiger partial charge in [0, 0.05) is 10.9 Å². The van der Waals surface area contributed by atoms with Gasteiger partial charge in [-0.1, -0.05) is 23.9 Å². The molecule has 2 N–H and O–H groups in total. The molecule has 124 valence electrons. The van der Waals surface area contributed by atoms with Gasteiger partial charge in [0.05, 0.1) is 11.3 Å². The van der Waals surface area contributed by atoms with Crippen LogP contribution in [0.1, 0.15) is 5.82 Å². The number of para-hydroxylation sites is 1. The highest BCUT2D eigenvalue weighted by Gasteiger charge is 2.11. The zero-order chi connectivity index (χ0) is 17.2. The number of hydrogen-bond acceptors (Lipinski definition) is 7. The van der Waals surface area contributed by atoms with E-state index in [0.717, 1.165) is 10.9 Å². The molecule has 2 aromatic carbocycles. The molecule has 0 saturated carbocycles. The van der Waals surface area contributed by atoms with Gasteiger partial charge in [0.15, 0.2) is 0 Å². The van der Waals surface area contributed by atoms with Crippen LogP contribution in [0.4, 0.5) is 10.2 Å². The van der Waals surface area contributed by atoms with Gasteiger partial charge in [0.25, 0.3) is 5.22 Å². The van der Waals surface area contributed by atoms with Gasteiger partial charge >= 0.3 is 0 Å². The minimum atomic E-state index is -0.316. The molecule has 0 aliphatic heterocycles. The fourth-order valence-corrected chi connectivity index (χ4v) is 2.94. The molecule has 0 aliphatic carbocycles. The molecule has 2 heterocycles. The molecule has 0 bridgehead atoms. The van der Waals surface area contributed by atoms with E-state index in [1.54, 1.807) is 12.1 Å².